The molecule has 0 unspecified atom stereocenters. The first-order valence-corrected chi connectivity index (χ1v) is 11.9. The average Bonchev–Trinajstić information content (AvgIpc) is 2.87. The topological polar surface area (TPSA) is 97.4 Å². The highest BCUT2D eigenvalue weighted by molar-refractivity contribution is 6.05. The number of ether oxygens (including phenoxy) is 3. The quantitative estimate of drug-likeness (QED) is 0.696. The zero-order chi connectivity index (χ0) is 26.4. The van der Waals surface area contributed by atoms with E-state index in [-0.39, 0.29) is 42.4 Å². The molecule has 0 bridgehead atoms. The van der Waals surface area contributed by atoms with Gasteiger partial charge in [0, 0.05) is 51.3 Å². The Morgan fingerprint density at radius 2 is 1.83 bits per heavy atom. The fourth-order valence-corrected chi connectivity index (χ4v) is 4.26. The van der Waals surface area contributed by atoms with Crippen LogP contribution in [0, 0.1) is 5.92 Å². The number of hydrogen-bond acceptors (Lipinski definition) is 6. The van der Waals surface area contributed by atoms with Crippen molar-refractivity contribution < 1.29 is 28.6 Å². The van der Waals surface area contributed by atoms with Crippen LogP contribution in [0.25, 0.3) is 0 Å². The summed E-state index contributed by atoms with van der Waals surface area (Å²) in [6.07, 6.45) is -0.271. The van der Waals surface area contributed by atoms with E-state index in [9.17, 15) is 14.4 Å². The van der Waals surface area contributed by atoms with Gasteiger partial charge in [0.1, 0.15) is 18.1 Å². The minimum absolute atomic E-state index is 0.0102. The lowest BCUT2D eigenvalue weighted by Crippen LogP contribution is -2.48. The van der Waals surface area contributed by atoms with E-state index in [1.807, 2.05) is 13.8 Å². The van der Waals surface area contributed by atoms with Crippen molar-refractivity contribution in [2.75, 3.05) is 46.3 Å². The molecule has 1 aliphatic rings. The number of benzene rings is 2. The van der Waals surface area contributed by atoms with Gasteiger partial charge in [-0.25, -0.2) is 0 Å². The normalized spacial score (nSPS) is 20.9. The van der Waals surface area contributed by atoms with Crippen LogP contribution in [-0.2, 0) is 9.53 Å². The minimum atomic E-state index is -0.331. The maximum Gasteiger partial charge on any atom is 0.257 e. The van der Waals surface area contributed by atoms with Crippen LogP contribution in [-0.4, -0.2) is 80.6 Å². The molecule has 194 valence electrons. The highest BCUT2D eigenvalue weighted by Crippen LogP contribution is 2.27. The Bertz CT molecular complexity index is 1100. The number of carbonyl (C=O) groups excluding carboxylic acids is 3. The summed E-state index contributed by atoms with van der Waals surface area (Å²) < 4.78 is 16.9. The largest absolute Gasteiger partial charge is 0.497 e. The molecule has 0 aliphatic carbocycles. The van der Waals surface area contributed by atoms with Gasteiger partial charge >= 0.3 is 0 Å². The third kappa shape index (κ3) is 6.34. The van der Waals surface area contributed by atoms with Crippen molar-refractivity contribution in [1.82, 2.24) is 9.80 Å². The van der Waals surface area contributed by atoms with Gasteiger partial charge < -0.3 is 29.3 Å². The lowest BCUT2D eigenvalue weighted by Gasteiger charge is -2.35. The van der Waals surface area contributed by atoms with Crippen molar-refractivity contribution in [2.24, 2.45) is 5.92 Å². The number of likely N-dealkylation sites (N-methyl/N-ethyl adjacent to an activating group) is 1. The lowest BCUT2D eigenvalue weighted by atomic mass is 10.0. The number of nitrogens with zero attached hydrogens (tertiary/aromatic N) is 2. The smallest absolute Gasteiger partial charge is 0.257 e. The summed E-state index contributed by atoms with van der Waals surface area (Å²) >= 11 is 0. The number of nitrogens with one attached hydrogen (secondary N) is 1. The van der Waals surface area contributed by atoms with E-state index in [2.05, 4.69) is 5.32 Å². The number of rotatable bonds is 4. The second kappa shape index (κ2) is 11.9. The van der Waals surface area contributed by atoms with Crippen LogP contribution in [0.5, 0.6) is 11.5 Å². The Morgan fingerprint density at radius 1 is 1.08 bits per heavy atom. The predicted octanol–water partition coefficient (Wildman–Crippen LogP) is 3.30. The molecule has 1 N–H and O–H groups in total. The molecule has 3 amide bonds. The molecule has 0 aromatic heterocycles. The van der Waals surface area contributed by atoms with E-state index in [0.29, 0.717) is 41.4 Å². The summed E-state index contributed by atoms with van der Waals surface area (Å²) in [6.45, 7) is 6.49. The zero-order valence-corrected chi connectivity index (χ0v) is 21.7. The van der Waals surface area contributed by atoms with E-state index in [1.165, 1.54) is 14.0 Å². The van der Waals surface area contributed by atoms with Crippen LogP contribution < -0.4 is 14.8 Å². The highest BCUT2D eigenvalue weighted by Gasteiger charge is 2.29. The van der Waals surface area contributed by atoms with Crippen LogP contribution in [0.4, 0.5) is 5.69 Å². The lowest BCUT2D eigenvalue weighted by molar-refractivity contribution is -0.133. The van der Waals surface area contributed by atoms with Crippen molar-refractivity contribution in [1.29, 1.82) is 0 Å². The van der Waals surface area contributed by atoms with Crippen molar-refractivity contribution in [3.05, 3.63) is 53.6 Å². The minimum Gasteiger partial charge on any atom is -0.497 e. The van der Waals surface area contributed by atoms with Crippen LogP contribution in [0.3, 0.4) is 0 Å². The van der Waals surface area contributed by atoms with E-state index in [4.69, 9.17) is 14.2 Å². The fourth-order valence-electron chi connectivity index (χ4n) is 4.26. The number of carbonyl (C=O) groups is 3. The Labute approximate surface area is 212 Å². The van der Waals surface area contributed by atoms with Crippen molar-refractivity contribution in [2.45, 2.75) is 32.9 Å². The fraction of sp³-hybridized carbons (Fsp3) is 0.444. The third-order valence-electron chi connectivity index (χ3n) is 6.44. The van der Waals surface area contributed by atoms with Crippen LogP contribution in [0.2, 0.25) is 0 Å². The molecule has 1 aliphatic heterocycles. The van der Waals surface area contributed by atoms with E-state index < -0.39 is 0 Å². The summed E-state index contributed by atoms with van der Waals surface area (Å²) in [6, 6.07) is 11.6. The van der Waals surface area contributed by atoms with Crippen LogP contribution in [0.1, 0.15) is 41.5 Å². The molecule has 0 fully saturated rings. The van der Waals surface area contributed by atoms with Crippen molar-refractivity contribution in [3.8, 4) is 11.5 Å². The molecular formula is C27H35N3O6. The van der Waals surface area contributed by atoms with E-state index >= 15 is 0 Å². The molecule has 0 spiro atoms. The molecule has 2 aromatic carbocycles. The van der Waals surface area contributed by atoms with Crippen LogP contribution in [0.15, 0.2) is 42.5 Å². The molecule has 9 heteroatoms. The Morgan fingerprint density at radius 3 is 2.50 bits per heavy atom. The van der Waals surface area contributed by atoms with E-state index in [0.717, 1.165) is 0 Å². The maximum absolute atomic E-state index is 13.5. The van der Waals surface area contributed by atoms with Gasteiger partial charge in [-0.05, 0) is 43.3 Å². The maximum atomic E-state index is 13.5. The number of methoxy groups -OCH3 is 2. The Balaban J connectivity index is 1.93. The SMILES string of the molecule is COc1cccc(C(=O)Nc2ccc3c(c2)C(=O)N(C)C[C@H](OC)[C@H](C)CN(C(C)=O)[C@H](C)CO3)c1. The Hall–Kier alpha value is -3.59. The number of hydrogen-bond donors (Lipinski definition) is 1. The zero-order valence-electron chi connectivity index (χ0n) is 21.7. The second-order valence-electron chi connectivity index (χ2n) is 9.17. The third-order valence-corrected chi connectivity index (χ3v) is 6.44. The first kappa shape index (κ1) is 27.0. The predicted molar refractivity (Wildman–Crippen MR) is 137 cm³/mol. The van der Waals surface area contributed by atoms with Gasteiger partial charge in [-0.3, -0.25) is 14.4 Å². The molecule has 3 atom stereocenters. The first-order chi connectivity index (χ1) is 17.1. The van der Waals surface area contributed by atoms with Gasteiger partial charge in [0.25, 0.3) is 11.8 Å². The molecular weight excluding hydrogens is 462 g/mol. The van der Waals surface area contributed by atoms with E-state index in [1.54, 1.807) is 66.4 Å². The van der Waals surface area contributed by atoms with Gasteiger partial charge in [-0.1, -0.05) is 13.0 Å². The van der Waals surface area contributed by atoms with Crippen LogP contribution >= 0.6 is 0 Å². The average molecular weight is 498 g/mol. The molecule has 1 heterocycles. The van der Waals surface area contributed by atoms with Crippen molar-refractivity contribution in [3.63, 3.8) is 0 Å². The second-order valence-corrected chi connectivity index (χ2v) is 9.17. The molecule has 2 aromatic rings. The monoisotopic (exact) mass is 497 g/mol. The number of anilines is 1. The summed E-state index contributed by atoms with van der Waals surface area (Å²) in [5, 5.41) is 2.84. The molecule has 0 saturated carbocycles. The van der Waals surface area contributed by atoms with Gasteiger partial charge in [-0.15, -0.1) is 0 Å². The molecule has 36 heavy (non-hydrogen) atoms. The summed E-state index contributed by atoms with van der Waals surface area (Å²) in [7, 11) is 4.84. The Kier molecular flexibility index (Phi) is 8.93. The van der Waals surface area contributed by atoms with Gasteiger partial charge in [0.2, 0.25) is 5.91 Å². The summed E-state index contributed by atoms with van der Waals surface area (Å²) in [4.78, 5) is 42.0. The molecule has 0 saturated heterocycles. The number of fused-ring (bicyclic) bond motifs is 1. The molecule has 0 radical (unpaired) electrons. The summed E-state index contributed by atoms with van der Waals surface area (Å²) in [5.74, 6) is 0.301. The standard InChI is InChI=1S/C27H35N3O6/c1-17-14-30(19(3)31)18(2)16-36-24-11-10-21(13-23(24)27(33)29(4)15-25(17)35-6)28-26(32)20-8-7-9-22(12-20)34-5/h7-13,17-18,25H,14-16H2,1-6H3,(H,28,32)/t17-,18-,25+/m1/s1. The molecule has 9 nitrogen and oxygen atoms in total. The highest BCUT2D eigenvalue weighted by atomic mass is 16.5. The van der Waals surface area contributed by atoms with Crippen molar-refractivity contribution >= 4 is 23.4 Å². The number of amides is 3. The summed E-state index contributed by atoms with van der Waals surface area (Å²) in [5.41, 5.74) is 1.19. The van der Waals surface area contributed by atoms with Gasteiger partial charge in [-0.2, -0.15) is 0 Å². The van der Waals surface area contributed by atoms with Gasteiger partial charge in [0.05, 0.1) is 24.8 Å². The molecule has 3 rings (SSSR count). The van der Waals surface area contributed by atoms with Gasteiger partial charge in [0.15, 0.2) is 0 Å². The first-order valence-electron chi connectivity index (χ1n) is 11.9.